The van der Waals surface area contributed by atoms with Gasteiger partial charge in [-0.1, -0.05) is 24.3 Å². The SMILES string of the molecule is Cc1ccccc1CN1CCCC(NC(=O)C2CC2)C1. The van der Waals surface area contributed by atoms with E-state index in [1.807, 2.05) is 0 Å². The maximum absolute atomic E-state index is 11.9. The Balaban J connectivity index is 1.55. The Bertz CT molecular complexity index is 482. The van der Waals surface area contributed by atoms with Gasteiger partial charge in [-0.25, -0.2) is 0 Å². The second kappa shape index (κ2) is 5.96. The maximum atomic E-state index is 11.9. The molecule has 108 valence electrons. The van der Waals surface area contributed by atoms with Crippen LogP contribution in [0.15, 0.2) is 24.3 Å². The van der Waals surface area contributed by atoms with Gasteiger partial charge in [0.1, 0.15) is 0 Å². The summed E-state index contributed by atoms with van der Waals surface area (Å²) in [5.74, 6) is 0.606. The van der Waals surface area contributed by atoms with Crippen molar-refractivity contribution in [1.82, 2.24) is 10.2 Å². The Labute approximate surface area is 121 Å². The summed E-state index contributed by atoms with van der Waals surface area (Å²) in [6.07, 6.45) is 4.49. The van der Waals surface area contributed by atoms with Gasteiger partial charge in [-0.15, -0.1) is 0 Å². The summed E-state index contributed by atoms with van der Waals surface area (Å²) in [6.45, 7) is 5.31. The molecule has 3 heteroatoms. The number of carbonyl (C=O) groups excluding carboxylic acids is 1. The fraction of sp³-hybridized carbons (Fsp3) is 0.588. The van der Waals surface area contributed by atoms with E-state index in [4.69, 9.17) is 0 Å². The Morgan fingerprint density at radius 2 is 2.10 bits per heavy atom. The summed E-state index contributed by atoms with van der Waals surface area (Å²) in [7, 11) is 0. The summed E-state index contributed by atoms with van der Waals surface area (Å²) < 4.78 is 0. The highest BCUT2D eigenvalue weighted by Crippen LogP contribution is 2.29. The number of benzene rings is 1. The molecule has 1 aliphatic heterocycles. The number of rotatable bonds is 4. The van der Waals surface area contributed by atoms with Crippen molar-refractivity contribution >= 4 is 5.91 Å². The largest absolute Gasteiger partial charge is 0.352 e. The molecule has 0 aromatic heterocycles. The molecule has 2 aliphatic rings. The monoisotopic (exact) mass is 272 g/mol. The Hall–Kier alpha value is -1.35. The summed E-state index contributed by atoms with van der Waals surface area (Å²) >= 11 is 0. The molecule has 20 heavy (non-hydrogen) atoms. The molecule has 1 aliphatic carbocycles. The van der Waals surface area contributed by atoms with E-state index in [1.54, 1.807) is 0 Å². The van der Waals surface area contributed by atoms with Gasteiger partial charge in [-0.05, 0) is 50.3 Å². The van der Waals surface area contributed by atoms with Gasteiger partial charge in [-0.3, -0.25) is 9.69 Å². The molecule has 0 bridgehead atoms. The van der Waals surface area contributed by atoms with Crippen molar-refractivity contribution in [2.45, 2.75) is 45.2 Å². The number of likely N-dealkylation sites (tertiary alicyclic amines) is 1. The first-order chi connectivity index (χ1) is 9.72. The van der Waals surface area contributed by atoms with Crippen LogP contribution in [-0.2, 0) is 11.3 Å². The number of hydrogen-bond acceptors (Lipinski definition) is 2. The predicted octanol–water partition coefficient (Wildman–Crippen LogP) is 2.49. The second-order valence-corrected chi connectivity index (χ2v) is 6.28. The van der Waals surface area contributed by atoms with Crippen LogP contribution in [0, 0.1) is 12.8 Å². The van der Waals surface area contributed by atoms with Crippen molar-refractivity contribution in [3.05, 3.63) is 35.4 Å². The van der Waals surface area contributed by atoms with Crippen LogP contribution in [0.5, 0.6) is 0 Å². The molecule has 2 fully saturated rings. The van der Waals surface area contributed by atoms with Crippen molar-refractivity contribution in [3.63, 3.8) is 0 Å². The molecule has 1 saturated heterocycles. The van der Waals surface area contributed by atoms with E-state index in [1.165, 1.54) is 17.5 Å². The average Bonchev–Trinajstić information content (AvgIpc) is 3.26. The van der Waals surface area contributed by atoms with Gasteiger partial charge < -0.3 is 5.32 Å². The highest BCUT2D eigenvalue weighted by atomic mass is 16.2. The van der Waals surface area contributed by atoms with E-state index in [0.717, 1.165) is 38.9 Å². The van der Waals surface area contributed by atoms with Crippen molar-refractivity contribution in [2.75, 3.05) is 13.1 Å². The first-order valence-corrected chi connectivity index (χ1v) is 7.79. The molecule has 3 rings (SSSR count). The zero-order chi connectivity index (χ0) is 13.9. The van der Waals surface area contributed by atoms with Crippen LogP contribution < -0.4 is 5.32 Å². The number of carbonyl (C=O) groups is 1. The molecule has 1 amide bonds. The lowest BCUT2D eigenvalue weighted by Crippen LogP contribution is -2.47. The predicted molar refractivity (Wildman–Crippen MR) is 80.3 cm³/mol. The zero-order valence-electron chi connectivity index (χ0n) is 12.3. The molecule has 1 aromatic rings. The molecule has 1 atom stereocenters. The summed E-state index contributed by atoms with van der Waals surface area (Å²) in [6, 6.07) is 8.93. The highest BCUT2D eigenvalue weighted by molar-refractivity contribution is 5.81. The normalized spacial score (nSPS) is 23.6. The van der Waals surface area contributed by atoms with Crippen molar-refractivity contribution in [2.24, 2.45) is 5.92 Å². The minimum atomic E-state index is 0.285. The number of nitrogens with zero attached hydrogens (tertiary/aromatic N) is 1. The molecular weight excluding hydrogens is 248 g/mol. The molecule has 1 aromatic carbocycles. The smallest absolute Gasteiger partial charge is 0.223 e. The van der Waals surface area contributed by atoms with Crippen LogP contribution in [0.1, 0.15) is 36.8 Å². The number of nitrogens with one attached hydrogen (secondary N) is 1. The molecule has 1 unspecified atom stereocenters. The number of amides is 1. The van der Waals surface area contributed by atoms with Crippen LogP contribution in [0.2, 0.25) is 0 Å². The fourth-order valence-corrected chi connectivity index (χ4v) is 3.01. The van der Waals surface area contributed by atoms with Crippen LogP contribution >= 0.6 is 0 Å². The minimum Gasteiger partial charge on any atom is -0.352 e. The van der Waals surface area contributed by atoms with E-state index < -0.39 is 0 Å². The summed E-state index contributed by atoms with van der Waals surface area (Å²) in [5, 5.41) is 3.23. The molecule has 1 heterocycles. The van der Waals surface area contributed by atoms with Crippen LogP contribution in [0.3, 0.4) is 0 Å². The fourth-order valence-electron chi connectivity index (χ4n) is 3.01. The molecule has 1 saturated carbocycles. The zero-order valence-corrected chi connectivity index (χ0v) is 12.3. The lowest BCUT2D eigenvalue weighted by Gasteiger charge is -2.33. The second-order valence-electron chi connectivity index (χ2n) is 6.28. The summed E-state index contributed by atoms with van der Waals surface area (Å²) in [4.78, 5) is 14.3. The van der Waals surface area contributed by atoms with E-state index in [2.05, 4.69) is 41.4 Å². The van der Waals surface area contributed by atoms with Crippen molar-refractivity contribution in [1.29, 1.82) is 0 Å². The van der Waals surface area contributed by atoms with Crippen molar-refractivity contribution in [3.8, 4) is 0 Å². The third kappa shape index (κ3) is 3.40. The van der Waals surface area contributed by atoms with Gasteiger partial charge in [0.25, 0.3) is 0 Å². The van der Waals surface area contributed by atoms with E-state index in [-0.39, 0.29) is 5.91 Å². The Morgan fingerprint density at radius 3 is 2.85 bits per heavy atom. The van der Waals surface area contributed by atoms with Crippen molar-refractivity contribution < 1.29 is 4.79 Å². The average molecular weight is 272 g/mol. The van der Waals surface area contributed by atoms with Crippen LogP contribution in [0.25, 0.3) is 0 Å². The first-order valence-electron chi connectivity index (χ1n) is 7.79. The third-order valence-electron chi connectivity index (χ3n) is 4.46. The van der Waals surface area contributed by atoms with E-state index in [0.29, 0.717) is 12.0 Å². The quantitative estimate of drug-likeness (QED) is 0.913. The number of aryl methyl sites for hydroxylation is 1. The lowest BCUT2D eigenvalue weighted by atomic mass is 10.0. The molecule has 3 nitrogen and oxygen atoms in total. The molecular formula is C17H24N2O. The van der Waals surface area contributed by atoms with Crippen LogP contribution in [-0.4, -0.2) is 29.9 Å². The third-order valence-corrected chi connectivity index (χ3v) is 4.46. The number of hydrogen-bond donors (Lipinski definition) is 1. The molecule has 0 radical (unpaired) electrons. The van der Waals surface area contributed by atoms with Gasteiger partial charge in [0.2, 0.25) is 5.91 Å². The van der Waals surface area contributed by atoms with Gasteiger partial charge in [0.05, 0.1) is 0 Å². The van der Waals surface area contributed by atoms with Crippen LogP contribution in [0.4, 0.5) is 0 Å². The number of piperidine rings is 1. The van der Waals surface area contributed by atoms with E-state index in [9.17, 15) is 4.79 Å². The topological polar surface area (TPSA) is 32.3 Å². The lowest BCUT2D eigenvalue weighted by molar-refractivity contribution is -0.123. The Kier molecular flexibility index (Phi) is 4.06. The van der Waals surface area contributed by atoms with Gasteiger partial charge in [-0.2, -0.15) is 0 Å². The first kappa shape index (κ1) is 13.6. The van der Waals surface area contributed by atoms with Gasteiger partial charge >= 0.3 is 0 Å². The molecule has 1 N–H and O–H groups in total. The molecule has 0 spiro atoms. The minimum absolute atomic E-state index is 0.285. The maximum Gasteiger partial charge on any atom is 0.223 e. The summed E-state index contributed by atoms with van der Waals surface area (Å²) in [5.41, 5.74) is 2.76. The van der Waals surface area contributed by atoms with Gasteiger partial charge in [0, 0.05) is 25.0 Å². The standard InChI is InChI=1S/C17H24N2O/c1-13-5-2-3-6-15(13)11-19-10-4-7-16(12-19)18-17(20)14-8-9-14/h2-3,5-6,14,16H,4,7-12H2,1H3,(H,18,20). The Morgan fingerprint density at radius 1 is 1.30 bits per heavy atom. The van der Waals surface area contributed by atoms with E-state index >= 15 is 0 Å². The van der Waals surface area contributed by atoms with Gasteiger partial charge in [0.15, 0.2) is 0 Å². The highest BCUT2D eigenvalue weighted by Gasteiger charge is 2.31.